The molecular weight excluding hydrogens is 388 g/mol. The number of amides is 1. The zero-order chi connectivity index (χ0) is 21.9. The number of carbonyl (C=O) groups is 1. The van der Waals surface area contributed by atoms with Gasteiger partial charge in [-0.3, -0.25) is 4.79 Å². The third-order valence-corrected chi connectivity index (χ3v) is 5.64. The first-order chi connectivity index (χ1) is 15.1. The van der Waals surface area contributed by atoms with Crippen LogP contribution in [-0.2, 0) is 4.79 Å². The predicted molar refractivity (Wildman–Crippen MR) is 126 cm³/mol. The molecule has 1 amide bonds. The van der Waals surface area contributed by atoms with Gasteiger partial charge in [0.1, 0.15) is 0 Å². The van der Waals surface area contributed by atoms with Crippen LogP contribution in [0.1, 0.15) is 58.8 Å². The summed E-state index contributed by atoms with van der Waals surface area (Å²) in [6.07, 6.45) is 12.0. The number of piperidine rings is 1. The van der Waals surface area contributed by atoms with Crippen molar-refractivity contribution in [1.82, 2.24) is 10.2 Å². The highest BCUT2D eigenvalue weighted by molar-refractivity contribution is 5.96. The van der Waals surface area contributed by atoms with Crippen LogP contribution in [0.15, 0.2) is 47.6 Å². The number of para-hydroxylation sites is 2. The van der Waals surface area contributed by atoms with Crippen molar-refractivity contribution >= 4 is 5.91 Å². The van der Waals surface area contributed by atoms with Crippen molar-refractivity contribution in [3.05, 3.63) is 47.6 Å². The summed E-state index contributed by atoms with van der Waals surface area (Å²) in [6.45, 7) is 8.20. The third-order valence-electron chi connectivity index (χ3n) is 5.64. The Morgan fingerprint density at radius 3 is 2.65 bits per heavy atom. The van der Waals surface area contributed by atoms with Gasteiger partial charge in [0.15, 0.2) is 11.5 Å². The van der Waals surface area contributed by atoms with Crippen molar-refractivity contribution in [2.45, 2.75) is 64.9 Å². The van der Waals surface area contributed by atoms with E-state index in [9.17, 15) is 4.79 Å². The summed E-state index contributed by atoms with van der Waals surface area (Å²) >= 11 is 0. The molecular formula is C26H38N2O3. The van der Waals surface area contributed by atoms with Gasteiger partial charge in [-0.05, 0) is 83.5 Å². The zero-order valence-electron chi connectivity index (χ0n) is 19.2. The van der Waals surface area contributed by atoms with Gasteiger partial charge >= 0.3 is 0 Å². The first-order valence-corrected chi connectivity index (χ1v) is 11.9. The average Bonchev–Trinajstić information content (AvgIpc) is 3.02. The first kappa shape index (κ1) is 23.4. The molecule has 1 fully saturated rings. The van der Waals surface area contributed by atoms with Gasteiger partial charge in [-0.25, -0.2) is 0 Å². The molecule has 1 aromatic rings. The van der Waals surface area contributed by atoms with Crippen LogP contribution >= 0.6 is 0 Å². The number of carbonyl (C=O) groups excluding carboxylic acids is 1. The number of likely N-dealkylation sites (tertiary alicyclic amines) is 1. The normalized spacial score (nSPS) is 17.1. The molecule has 2 aliphatic rings. The fraction of sp³-hybridized carbons (Fsp3) is 0.577. The van der Waals surface area contributed by atoms with Gasteiger partial charge in [0.05, 0.1) is 12.7 Å². The SMILES string of the molecule is CC(C)Oc1ccccc1OCCCNCC1=CC(C(=O)N2CCCCC2)=CCCC1. The molecule has 31 heavy (non-hydrogen) atoms. The van der Waals surface area contributed by atoms with Crippen molar-refractivity contribution in [3.8, 4) is 11.5 Å². The molecule has 1 aromatic carbocycles. The van der Waals surface area contributed by atoms with E-state index in [4.69, 9.17) is 9.47 Å². The Labute approximate surface area is 187 Å². The number of nitrogens with one attached hydrogen (secondary N) is 1. The first-order valence-electron chi connectivity index (χ1n) is 11.9. The summed E-state index contributed by atoms with van der Waals surface area (Å²) < 4.78 is 11.7. The molecule has 0 bridgehead atoms. The minimum absolute atomic E-state index is 0.125. The monoisotopic (exact) mass is 426 g/mol. The van der Waals surface area contributed by atoms with E-state index in [-0.39, 0.29) is 12.0 Å². The summed E-state index contributed by atoms with van der Waals surface area (Å²) in [4.78, 5) is 14.9. The second-order valence-electron chi connectivity index (χ2n) is 8.70. The molecule has 170 valence electrons. The lowest BCUT2D eigenvalue weighted by molar-refractivity contribution is -0.127. The van der Waals surface area contributed by atoms with E-state index >= 15 is 0 Å². The van der Waals surface area contributed by atoms with E-state index in [0.29, 0.717) is 6.61 Å². The molecule has 0 aromatic heterocycles. The van der Waals surface area contributed by atoms with Crippen LogP contribution in [0, 0.1) is 0 Å². The zero-order valence-corrected chi connectivity index (χ0v) is 19.2. The van der Waals surface area contributed by atoms with Crippen molar-refractivity contribution < 1.29 is 14.3 Å². The fourth-order valence-corrected chi connectivity index (χ4v) is 4.05. The average molecular weight is 427 g/mol. The van der Waals surface area contributed by atoms with E-state index in [1.165, 1.54) is 12.0 Å². The van der Waals surface area contributed by atoms with Crippen molar-refractivity contribution in [1.29, 1.82) is 0 Å². The Balaban J connectivity index is 1.40. The Bertz CT molecular complexity index is 764. The predicted octanol–water partition coefficient (Wildman–Crippen LogP) is 4.88. The summed E-state index contributed by atoms with van der Waals surface area (Å²) in [5, 5.41) is 3.52. The van der Waals surface area contributed by atoms with E-state index in [0.717, 1.165) is 81.8 Å². The Kier molecular flexibility index (Phi) is 9.47. The highest BCUT2D eigenvalue weighted by atomic mass is 16.5. The largest absolute Gasteiger partial charge is 0.490 e. The molecule has 5 heteroatoms. The Morgan fingerprint density at radius 1 is 1.10 bits per heavy atom. The second-order valence-corrected chi connectivity index (χ2v) is 8.70. The molecule has 0 spiro atoms. The maximum Gasteiger partial charge on any atom is 0.253 e. The number of benzene rings is 1. The lowest BCUT2D eigenvalue weighted by Crippen LogP contribution is -2.36. The van der Waals surface area contributed by atoms with Gasteiger partial charge in [-0.1, -0.05) is 23.8 Å². The molecule has 1 aliphatic carbocycles. The van der Waals surface area contributed by atoms with Gasteiger partial charge in [-0.2, -0.15) is 0 Å². The van der Waals surface area contributed by atoms with Gasteiger partial charge in [0.25, 0.3) is 5.91 Å². The lowest BCUT2D eigenvalue weighted by atomic mass is 10.1. The highest BCUT2D eigenvalue weighted by Gasteiger charge is 2.20. The van der Waals surface area contributed by atoms with Crippen LogP contribution in [0.25, 0.3) is 0 Å². The van der Waals surface area contributed by atoms with Gasteiger partial charge < -0.3 is 19.7 Å². The van der Waals surface area contributed by atoms with Crippen molar-refractivity contribution in [2.75, 3.05) is 32.8 Å². The molecule has 1 aliphatic heterocycles. The van der Waals surface area contributed by atoms with Crippen LogP contribution in [0.5, 0.6) is 11.5 Å². The smallest absolute Gasteiger partial charge is 0.253 e. The number of rotatable bonds is 10. The number of hydrogen-bond acceptors (Lipinski definition) is 4. The summed E-state index contributed by atoms with van der Waals surface area (Å²) in [6, 6.07) is 7.83. The number of hydrogen-bond donors (Lipinski definition) is 1. The quantitative estimate of drug-likeness (QED) is 0.542. The van der Waals surface area contributed by atoms with E-state index in [1.54, 1.807) is 0 Å². The molecule has 0 radical (unpaired) electrons. The summed E-state index contributed by atoms with van der Waals surface area (Å²) in [7, 11) is 0. The molecule has 0 unspecified atom stereocenters. The van der Waals surface area contributed by atoms with Gasteiger partial charge in [0.2, 0.25) is 0 Å². The highest BCUT2D eigenvalue weighted by Crippen LogP contribution is 2.27. The Hall–Kier alpha value is -2.27. The third kappa shape index (κ3) is 7.73. The van der Waals surface area contributed by atoms with E-state index in [2.05, 4.69) is 17.5 Å². The molecule has 1 heterocycles. The maximum absolute atomic E-state index is 12.9. The molecule has 0 saturated carbocycles. The minimum atomic E-state index is 0.125. The topological polar surface area (TPSA) is 50.8 Å². The standard InChI is InChI=1S/C26H38N2O3/c1-21(2)31-25-14-7-6-13-24(25)30-18-10-15-27-20-22-11-4-5-12-23(19-22)26(29)28-16-8-3-9-17-28/h6-7,12-14,19,21,27H,3-5,8-11,15-18,20H2,1-2H3. The lowest BCUT2D eigenvalue weighted by Gasteiger charge is -2.27. The van der Waals surface area contributed by atoms with Crippen LogP contribution < -0.4 is 14.8 Å². The van der Waals surface area contributed by atoms with Crippen LogP contribution in [-0.4, -0.2) is 49.7 Å². The van der Waals surface area contributed by atoms with E-state index < -0.39 is 0 Å². The number of allylic oxidation sites excluding steroid dienone is 1. The van der Waals surface area contributed by atoms with Crippen LogP contribution in [0.4, 0.5) is 0 Å². The molecule has 0 atom stereocenters. The number of ether oxygens (including phenoxy) is 2. The molecule has 1 saturated heterocycles. The van der Waals surface area contributed by atoms with Crippen LogP contribution in [0.2, 0.25) is 0 Å². The van der Waals surface area contributed by atoms with Gasteiger partial charge in [-0.15, -0.1) is 0 Å². The van der Waals surface area contributed by atoms with Crippen molar-refractivity contribution in [2.24, 2.45) is 0 Å². The molecule has 5 nitrogen and oxygen atoms in total. The summed E-state index contributed by atoms with van der Waals surface area (Å²) in [5.74, 6) is 1.82. The van der Waals surface area contributed by atoms with Gasteiger partial charge in [0, 0.05) is 25.2 Å². The van der Waals surface area contributed by atoms with Crippen LogP contribution in [0.3, 0.4) is 0 Å². The number of nitrogens with zero attached hydrogens (tertiary/aromatic N) is 1. The molecule has 3 rings (SSSR count). The van der Waals surface area contributed by atoms with E-state index in [1.807, 2.05) is 43.0 Å². The second kappa shape index (κ2) is 12.6. The Morgan fingerprint density at radius 2 is 1.87 bits per heavy atom. The maximum atomic E-state index is 12.9. The van der Waals surface area contributed by atoms with Crippen molar-refractivity contribution in [3.63, 3.8) is 0 Å². The summed E-state index contributed by atoms with van der Waals surface area (Å²) in [5.41, 5.74) is 2.21. The fourth-order valence-electron chi connectivity index (χ4n) is 4.05. The molecule has 1 N–H and O–H groups in total. The minimum Gasteiger partial charge on any atom is -0.490 e.